The standard InChI is InChI=1S/C11H13BrFNO3S/c12-10-2-1-9(5-11(10)13)18(15,16)14-6-8-3-4-17-7-8/h1-2,5,8,14H,3-4,6-7H2. The average molecular weight is 338 g/mol. The molecule has 1 N–H and O–H groups in total. The lowest BCUT2D eigenvalue weighted by molar-refractivity contribution is 0.186. The number of nitrogens with one attached hydrogen (secondary N) is 1. The van der Waals surface area contributed by atoms with E-state index in [0.717, 1.165) is 12.5 Å². The normalized spacial score (nSPS) is 20.2. The molecule has 100 valence electrons. The Bertz CT molecular complexity index is 529. The van der Waals surface area contributed by atoms with Gasteiger partial charge in [-0.3, -0.25) is 0 Å². The summed E-state index contributed by atoms with van der Waals surface area (Å²) in [6.07, 6.45) is 0.844. The summed E-state index contributed by atoms with van der Waals surface area (Å²) in [4.78, 5) is -0.0675. The third-order valence-corrected chi connectivity index (χ3v) is 4.85. The molecule has 1 aromatic rings. The highest BCUT2D eigenvalue weighted by Gasteiger charge is 2.20. The van der Waals surface area contributed by atoms with Crippen LogP contribution in [-0.2, 0) is 14.8 Å². The Morgan fingerprint density at radius 2 is 2.28 bits per heavy atom. The highest BCUT2D eigenvalue weighted by Crippen LogP contribution is 2.19. The second-order valence-electron chi connectivity index (χ2n) is 4.16. The summed E-state index contributed by atoms with van der Waals surface area (Å²) in [6, 6.07) is 3.74. The molecule has 4 nitrogen and oxygen atoms in total. The van der Waals surface area contributed by atoms with E-state index in [1.807, 2.05) is 0 Å². The van der Waals surface area contributed by atoms with Gasteiger partial charge in [-0.25, -0.2) is 17.5 Å². The second kappa shape index (κ2) is 5.64. The molecule has 0 aliphatic carbocycles. The maximum atomic E-state index is 13.3. The number of benzene rings is 1. The predicted molar refractivity (Wildman–Crippen MR) is 68.2 cm³/mol. The van der Waals surface area contributed by atoms with Crippen LogP contribution in [-0.4, -0.2) is 28.2 Å². The highest BCUT2D eigenvalue weighted by molar-refractivity contribution is 9.10. The molecule has 0 spiro atoms. The van der Waals surface area contributed by atoms with Gasteiger partial charge in [0.05, 0.1) is 16.0 Å². The molecular formula is C11H13BrFNO3S. The molecule has 0 radical (unpaired) electrons. The minimum absolute atomic E-state index is 0.0675. The lowest BCUT2D eigenvalue weighted by Crippen LogP contribution is -2.29. The van der Waals surface area contributed by atoms with Crippen LogP contribution >= 0.6 is 15.9 Å². The molecule has 1 unspecified atom stereocenters. The number of rotatable bonds is 4. The maximum absolute atomic E-state index is 13.3. The fraction of sp³-hybridized carbons (Fsp3) is 0.455. The molecule has 2 rings (SSSR count). The number of ether oxygens (including phenoxy) is 1. The zero-order valence-corrected chi connectivity index (χ0v) is 11.9. The molecule has 1 heterocycles. The number of sulfonamides is 1. The van der Waals surface area contributed by atoms with E-state index < -0.39 is 15.8 Å². The van der Waals surface area contributed by atoms with Crippen molar-refractivity contribution in [3.63, 3.8) is 0 Å². The minimum atomic E-state index is -3.65. The van der Waals surface area contributed by atoms with Crippen molar-refractivity contribution in [3.05, 3.63) is 28.5 Å². The van der Waals surface area contributed by atoms with Crippen LogP contribution in [0.2, 0.25) is 0 Å². The SMILES string of the molecule is O=S(=O)(NCC1CCOC1)c1ccc(Br)c(F)c1. The van der Waals surface area contributed by atoms with Gasteiger partial charge in [0.1, 0.15) is 5.82 Å². The molecule has 18 heavy (non-hydrogen) atoms. The van der Waals surface area contributed by atoms with E-state index in [-0.39, 0.29) is 15.3 Å². The number of hydrogen-bond acceptors (Lipinski definition) is 3. The Kier molecular flexibility index (Phi) is 4.37. The molecule has 0 bridgehead atoms. The molecule has 0 amide bonds. The molecule has 7 heteroatoms. The van der Waals surface area contributed by atoms with Crippen LogP contribution < -0.4 is 4.72 Å². The van der Waals surface area contributed by atoms with Crippen LogP contribution in [0.15, 0.2) is 27.6 Å². The molecule has 1 aliphatic rings. The second-order valence-corrected chi connectivity index (χ2v) is 6.78. The van der Waals surface area contributed by atoms with Crippen molar-refractivity contribution in [2.45, 2.75) is 11.3 Å². The van der Waals surface area contributed by atoms with Gasteiger partial charge in [0.2, 0.25) is 10.0 Å². The van der Waals surface area contributed by atoms with Gasteiger partial charge in [0.15, 0.2) is 0 Å². The number of halogens is 2. The zero-order valence-electron chi connectivity index (χ0n) is 9.53. The third-order valence-electron chi connectivity index (χ3n) is 2.79. The first-order chi connectivity index (χ1) is 8.49. The van der Waals surface area contributed by atoms with Crippen LogP contribution in [0.3, 0.4) is 0 Å². The largest absolute Gasteiger partial charge is 0.381 e. The quantitative estimate of drug-likeness (QED) is 0.912. The predicted octanol–water partition coefficient (Wildman–Crippen LogP) is 1.90. The summed E-state index contributed by atoms with van der Waals surface area (Å²) in [5.41, 5.74) is 0. The van der Waals surface area contributed by atoms with Crippen molar-refractivity contribution in [2.24, 2.45) is 5.92 Å². The van der Waals surface area contributed by atoms with Crippen LogP contribution in [0.4, 0.5) is 4.39 Å². The Morgan fingerprint density at radius 3 is 2.89 bits per heavy atom. The van der Waals surface area contributed by atoms with E-state index >= 15 is 0 Å². The fourth-order valence-corrected chi connectivity index (χ4v) is 3.07. The lowest BCUT2D eigenvalue weighted by Gasteiger charge is -2.10. The summed E-state index contributed by atoms with van der Waals surface area (Å²) in [5, 5.41) is 0. The minimum Gasteiger partial charge on any atom is -0.381 e. The fourth-order valence-electron chi connectivity index (χ4n) is 1.70. The molecule has 1 saturated heterocycles. The van der Waals surface area contributed by atoms with E-state index in [2.05, 4.69) is 20.7 Å². The molecule has 0 saturated carbocycles. The molecule has 1 atom stereocenters. The van der Waals surface area contributed by atoms with Gasteiger partial charge < -0.3 is 4.74 Å². The van der Waals surface area contributed by atoms with Gasteiger partial charge in [-0.1, -0.05) is 0 Å². The summed E-state index contributed by atoms with van der Waals surface area (Å²) in [7, 11) is -3.65. The van der Waals surface area contributed by atoms with Crippen molar-refractivity contribution in [1.82, 2.24) is 4.72 Å². The van der Waals surface area contributed by atoms with Crippen LogP contribution in [0, 0.1) is 11.7 Å². The first kappa shape index (κ1) is 13.9. The van der Waals surface area contributed by atoms with Crippen molar-refractivity contribution in [2.75, 3.05) is 19.8 Å². The van der Waals surface area contributed by atoms with Gasteiger partial charge in [0, 0.05) is 13.2 Å². The molecular weight excluding hydrogens is 325 g/mol. The van der Waals surface area contributed by atoms with Crippen LogP contribution in [0.1, 0.15) is 6.42 Å². The van der Waals surface area contributed by atoms with E-state index in [4.69, 9.17) is 4.74 Å². The van der Waals surface area contributed by atoms with Crippen molar-refractivity contribution in [1.29, 1.82) is 0 Å². The van der Waals surface area contributed by atoms with Gasteiger partial charge in [-0.15, -0.1) is 0 Å². The van der Waals surface area contributed by atoms with Crippen LogP contribution in [0.25, 0.3) is 0 Å². The van der Waals surface area contributed by atoms with Crippen LogP contribution in [0.5, 0.6) is 0 Å². The van der Waals surface area contributed by atoms with Crippen molar-refractivity contribution in [3.8, 4) is 0 Å². The van der Waals surface area contributed by atoms with Gasteiger partial charge in [-0.05, 0) is 46.5 Å². The topological polar surface area (TPSA) is 55.4 Å². The van der Waals surface area contributed by atoms with Crippen molar-refractivity contribution < 1.29 is 17.5 Å². The summed E-state index contributed by atoms with van der Waals surface area (Å²) in [5.74, 6) is -0.401. The van der Waals surface area contributed by atoms with E-state index in [9.17, 15) is 12.8 Å². The van der Waals surface area contributed by atoms with E-state index in [0.29, 0.717) is 19.8 Å². The van der Waals surface area contributed by atoms with Gasteiger partial charge in [0.25, 0.3) is 0 Å². The van der Waals surface area contributed by atoms with Crippen molar-refractivity contribution >= 4 is 26.0 Å². The van der Waals surface area contributed by atoms with Gasteiger partial charge in [-0.2, -0.15) is 0 Å². The first-order valence-corrected chi connectivity index (χ1v) is 7.79. The van der Waals surface area contributed by atoms with E-state index in [1.165, 1.54) is 12.1 Å². The summed E-state index contributed by atoms with van der Waals surface area (Å²) < 4.78 is 45.0. The molecule has 0 aromatic heterocycles. The van der Waals surface area contributed by atoms with Gasteiger partial charge >= 0.3 is 0 Å². The Hall–Kier alpha value is -0.500. The Balaban J connectivity index is 2.07. The average Bonchev–Trinajstić information content (AvgIpc) is 2.83. The smallest absolute Gasteiger partial charge is 0.240 e. The summed E-state index contributed by atoms with van der Waals surface area (Å²) in [6.45, 7) is 1.55. The monoisotopic (exact) mass is 337 g/mol. The Morgan fingerprint density at radius 1 is 1.50 bits per heavy atom. The van der Waals surface area contributed by atoms with E-state index in [1.54, 1.807) is 0 Å². The molecule has 1 aromatic carbocycles. The molecule has 1 aliphatic heterocycles. The maximum Gasteiger partial charge on any atom is 0.240 e. The first-order valence-electron chi connectivity index (χ1n) is 5.51. The zero-order chi connectivity index (χ0) is 13.2. The third kappa shape index (κ3) is 3.28. The highest BCUT2D eigenvalue weighted by atomic mass is 79.9. The number of hydrogen-bond donors (Lipinski definition) is 1. The lowest BCUT2D eigenvalue weighted by atomic mass is 10.1. The Labute approximate surface area is 114 Å². The summed E-state index contributed by atoms with van der Waals surface area (Å²) >= 11 is 2.98. The molecule has 1 fully saturated rings.